The lowest BCUT2D eigenvalue weighted by atomic mass is 10.1. The van der Waals surface area contributed by atoms with Gasteiger partial charge in [-0.2, -0.15) is 4.98 Å². The molecule has 1 aromatic heterocycles. The molecule has 0 aliphatic heterocycles. The van der Waals surface area contributed by atoms with Crippen LogP contribution in [0, 0.1) is 11.8 Å². The van der Waals surface area contributed by atoms with Crippen LogP contribution in [-0.2, 0) is 0 Å². The Morgan fingerprint density at radius 1 is 1.16 bits per heavy atom. The van der Waals surface area contributed by atoms with E-state index in [4.69, 9.17) is 10.5 Å². The lowest BCUT2D eigenvalue weighted by Gasteiger charge is -2.31. The Bertz CT molecular complexity index is 371. The predicted octanol–water partition coefficient (Wildman–Crippen LogP) is 2.40. The zero-order valence-electron chi connectivity index (χ0n) is 12.6. The van der Waals surface area contributed by atoms with Gasteiger partial charge in [0.25, 0.3) is 0 Å². The standard InChI is InChI=1S/C14H26N4O/c1-10(2)8-18(9-11(3)4)12(5)19-13-6-7-16-14(15)17-13/h6-7,10-12H,8-9H2,1-5H3,(H2,15,16,17). The van der Waals surface area contributed by atoms with Gasteiger partial charge >= 0.3 is 0 Å². The largest absolute Gasteiger partial charge is 0.458 e. The minimum atomic E-state index is -0.0286. The number of nitrogens with zero attached hydrogens (tertiary/aromatic N) is 3. The fourth-order valence-corrected chi connectivity index (χ4v) is 1.98. The molecule has 1 atom stereocenters. The van der Waals surface area contributed by atoms with E-state index in [-0.39, 0.29) is 12.2 Å². The highest BCUT2D eigenvalue weighted by atomic mass is 16.5. The van der Waals surface area contributed by atoms with Crippen molar-refractivity contribution in [2.75, 3.05) is 18.8 Å². The van der Waals surface area contributed by atoms with Crippen LogP contribution < -0.4 is 10.5 Å². The third-order valence-corrected chi connectivity index (χ3v) is 2.65. The molecule has 0 aliphatic carbocycles. The molecule has 2 N–H and O–H groups in total. The number of anilines is 1. The fraction of sp³-hybridized carbons (Fsp3) is 0.714. The van der Waals surface area contributed by atoms with Crippen molar-refractivity contribution >= 4 is 5.95 Å². The highest BCUT2D eigenvalue weighted by Gasteiger charge is 2.18. The molecular weight excluding hydrogens is 240 g/mol. The van der Waals surface area contributed by atoms with Crippen LogP contribution in [0.15, 0.2) is 12.3 Å². The summed E-state index contributed by atoms with van der Waals surface area (Å²) in [6.45, 7) is 12.9. The Morgan fingerprint density at radius 3 is 2.21 bits per heavy atom. The van der Waals surface area contributed by atoms with Gasteiger partial charge in [-0.3, -0.25) is 4.90 Å². The molecule has 0 spiro atoms. The van der Waals surface area contributed by atoms with Crippen LogP contribution in [0.3, 0.4) is 0 Å². The van der Waals surface area contributed by atoms with Crippen LogP contribution >= 0.6 is 0 Å². The minimum absolute atomic E-state index is 0.0286. The first-order chi connectivity index (χ1) is 8.88. The molecular formula is C14H26N4O. The maximum atomic E-state index is 5.85. The third-order valence-electron chi connectivity index (χ3n) is 2.65. The van der Waals surface area contributed by atoms with E-state index in [1.165, 1.54) is 0 Å². The highest BCUT2D eigenvalue weighted by Crippen LogP contribution is 2.13. The van der Waals surface area contributed by atoms with E-state index in [0.29, 0.717) is 17.7 Å². The molecule has 5 heteroatoms. The fourth-order valence-electron chi connectivity index (χ4n) is 1.98. The van der Waals surface area contributed by atoms with E-state index in [0.717, 1.165) is 13.1 Å². The molecule has 1 rings (SSSR count). The van der Waals surface area contributed by atoms with E-state index in [1.807, 2.05) is 6.92 Å². The van der Waals surface area contributed by atoms with Crippen LogP contribution in [0.1, 0.15) is 34.6 Å². The van der Waals surface area contributed by atoms with Gasteiger partial charge in [-0.15, -0.1) is 0 Å². The highest BCUT2D eigenvalue weighted by molar-refractivity contribution is 5.20. The smallest absolute Gasteiger partial charge is 0.223 e. The average molecular weight is 266 g/mol. The Kier molecular flexibility index (Phi) is 6.02. The molecule has 0 amide bonds. The summed E-state index contributed by atoms with van der Waals surface area (Å²) >= 11 is 0. The second-order valence-corrected chi connectivity index (χ2v) is 5.71. The summed E-state index contributed by atoms with van der Waals surface area (Å²) in [5.41, 5.74) is 5.56. The maximum Gasteiger partial charge on any atom is 0.223 e. The Hall–Kier alpha value is -1.36. The zero-order chi connectivity index (χ0) is 14.4. The van der Waals surface area contributed by atoms with Crippen molar-refractivity contribution < 1.29 is 4.74 Å². The van der Waals surface area contributed by atoms with Gasteiger partial charge in [-0.1, -0.05) is 27.7 Å². The van der Waals surface area contributed by atoms with Crippen LogP contribution in [0.2, 0.25) is 0 Å². The normalized spacial score (nSPS) is 13.3. The number of nitrogens with two attached hydrogens (primary N) is 1. The molecule has 0 bridgehead atoms. The van der Waals surface area contributed by atoms with Crippen molar-refractivity contribution in [3.8, 4) is 5.88 Å². The molecule has 19 heavy (non-hydrogen) atoms. The maximum absolute atomic E-state index is 5.85. The summed E-state index contributed by atoms with van der Waals surface area (Å²) in [5, 5.41) is 0. The Balaban J connectivity index is 2.67. The quantitative estimate of drug-likeness (QED) is 0.768. The average Bonchev–Trinajstić information content (AvgIpc) is 2.26. The molecule has 1 unspecified atom stereocenters. The zero-order valence-corrected chi connectivity index (χ0v) is 12.6. The molecule has 1 heterocycles. The van der Waals surface area contributed by atoms with E-state index in [9.17, 15) is 0 Å². The monoisotopic (exact) mass is 266 g/mol. The molecule has 0 radical (unpaired) electrons. The summed E-state index contributed by atoms with van der Waals surface area (Å²) in [5.74, 6) is 1.96. The molecule has 108 valence electrons. The molecule has 5 nitrogen and oxygen atoms in total. The lowest BCUT2D eigenvalue weighted by Crippen LogP contribution is -2.42. The van der Waals surface area contributed by atoms with Crippen molar-refractivity contribution in [3.05, 3.63) is 12.3 Å². The van der Waals surface area contributed by atoms with Crippen molar-refractivity contribution in [1.29, 1.82) is 0 Å². The lowest BCUT2D eigenvalue weighted by molar-refractivity contribution is 0.0199. The SMILES string of the molecule is CC(C)CN(CC(C)C)C(C)Oc1ccnc(N)n1. The first-order valence-corrected chi connectivity index (χ1v) is 6.87. The predicted molar refractivity (Wildman–Crippen MR) is 77.8 cm³/mol. The van der Waals surface area contributed by atoms with E-state index < -0.39 is 0 Å². The summed E-state index contributed by atoms with van der Waals surface area (Å²) in [6, 6.07) is 1.73. The second-order valence-electron chi connectivity index (χ2n) is 5.71. The first kappa shape index (κ1) is 15.7. The van der Waals surface area contributed by atoms with E-state index >= 15 is 0 Å². The molecule has 0 fully saturated rings. The van der Waals surface area contributed by atoms with Crippen molar-refractivity contribution in [2.45, 2.75) is 40.8 Å². The van der Waals surface area contributed by atoms with Crippen LogP contribution in [-0.4, -0.2) is 34.2 Å². The number of rotatable bonds is 7. The number of nitrogen functional groups attached to an aromatic ring is 1. The molecule has 0 saturated carbocycles. The van der Waals surface area contributed by atoms with Gasteiger partial charge in [0.1, 0.15) is 0 Å². The summed E-state index contributed by atoms with van der Waals surface area (Å²) < 4.78 is 5.85. The third kappa shape index (κ3) is 5.87. The van der Waals surface area contributed by atoms with Gasteiger partial charge in [-0.05, 0) is 18.8 Å². The van der Waals surface area contributed by atoms with Gasteiger partial charge in [0.15, 0.2) is 6.23 Å². The molecule has 0 aliphatic rings. The minimum Gasteiger partial charge on any atom is -0.458 e. The molecule has 0 saturated heterocycles. The molecule has 0 aromatic carbocycles. The number of aromatic nitrogens is 2. The van der Waals surface area contributed by atoms with E-state index in [1.54, 1.807) is 12.3 Å². The van der Waals surface area contributed by atoms with Crippen LogP contribution in [0.25, 0.3) is 0 Å². The Morgan fingerprint density at radius 2 is 1.74 bits per heavy atom. The van der Waals surface area contributed by atoms with Crippen LogP contribution in [0.4, 0.5) is 5.95 Å². The number of ether oxygens (including phenoxy) is 1. The van der Waals surface area contributed by atoms with Crippen molar-refractivity contribution in [1.82, 2.24) is 14.9 Å². The van der Waals surface area contributed by atoms with Gasteiger partial charge in [0.2, 0.25) is 11.8 Å². The van der Waals surface area contributed by atoms with Gasteiger partial charge in [0.05, 0.1) is 0 Å². The number of hydrogen-bond acceptors (Lipinski definition) is 5. The van der Waals surface area contributed by atoms with Crippen molar-refractivity contribution in [3.63, 3.8) is 0 Å². The summed E-state index contributed by atoms with van der Waals surface area (Å²) in [4.78, 5) is 10.3. The number of hydrogen-bond donors (Lipinski definition) is 1. The van der Waals surface area contributed by atoms with E-state index in [2.05, 4.69) is 42.6 Å². The van der Waals surface area contributed by atoms with Gasteiger partial charge in [0, 0.05) is 25.4 Å². The first-order valence-electron chi connectivity index (χ1n) is 6.87. The van der Waals surface area contributed by atoms with Crippen molar-refractivity contribution in [2.24, 2.45) is 11.8 Å². The van der Waals surface area contributed by atoms with Crippen LogP contribution in [0.5, 0.6) is 5.88 Å². The topological polar surface area (TPSA) is 64.3 Å². The van der Waals surface area contributed by atoms with Gasteiger partial charge in [-0.25, -0.2) is 4.98 Å². The Labute approximate surface area is 116 Å². The second kappa shape index (κ2) is 7.28. The molecule has 1 aromatic rings. The summed E-state index contributed by atoms with van der Waals surface area (Å²) in [6.07, 6.45) is 1.58. The summed E-state index contributed by atoms with van der Waals surface area (Å²) in [7, 11) is 0. The van der Waals surface area contributed by atoms with Gasteiger partial charge < -0.3 is 10.5 Å².